The van der Waals surface area contributed by atoms with E-state index in [1.54, 1.807) is 10.6 Å². The summed E-state index contributed by atoms with van der Waals surface area (Å²) in [5, 5.41) is 3.52. The van der Waals surface area contributed by atoms with Gasteiger partial charge in [-0.2, -0.15) is 0 Å². The molecule has 1 rings (SSSR count). The van der Waals surface area contributed by atoms with E-state index in [2.05, 4.69) is 26.5 Å². The summed E-state index contributed by atoms with van der Waals surface area (Å²) in [7, 11) is 0.238. The van der Waals surface area contributed by atoms with E-state index in [-0.39, 0.29) is 7.92 Å². The lowest BCUT2D eigenvalue weighted by Gasteiger charge is -1.92. The lowest BCUT2D eigenvalue weighted by Crippen LogP contribution is -1.63. The highest BCUT2D eigenvalue weighted by Crippen LogP contribution is 2.71. The molecule has 0 aromatic rings. The molecule has 0 unspecified atom stereocenters. The molecule has 0 fully saturated rings. The van der Waals surface area contributed by atoms with Gasteiger partial charge in [0.25, 0.3) is 0 Å². The fourth-order valence-corrected chi connectivity index (χ4v) is 3.98. The van der Waals surface area contributed by atoms with Crippen molar-refractivity contribution in [2.75, 3.05) is 6.16 Å². The normalized spacial score (nSPS) is 17.8. The molecule has 1 heterocycles. The Morgan fingerprint density at radius 2 is 1.80 bits per heavy atom. The summed E-state index contributed by atoms with van der Waals surface area (Å²) in [5.74, 6) is 0. The Hall–Kier alpha value is -0.0900. The Bertz CT molecular complexity index is 154. The molecule has 0 aromatic heterocycles. The summed E-state index contributed by atoms with van der Waals surface area (Å²) in [6.07, 6.45) is 5.86. The van der Waals surface area contributed by atoms with Crippen LogP contribution in [0.25, 0.3) is 0 Å². The van der Waals surface area contributed by atoms with Crippen molar-refractivity contribution in [1.82, 2.24) is 0 Å². The van der Waals surface area contributed by atoms with Crippen LogP contribution in [0.15, 0.2) is 23.3 Å². The van der Waals surface area contributed by atoms with Crippen LogP contribution in [-0.2, 0) is 0 Å². The molecule has 0 spiro atoms. The highest BCUT2D eigenvalue weighted by Gasteiger charge is 2.30. The van der Waals surface area contributed by atoms with E-state index in [1.807, 2.05) is 0 Å². The number of hydrogen-bond donors (Lipinski definition) is 0. The molecule has 0 bridgehead atoms. The van der Waals surface area contributed by atoms with E-state index in [0.29, 0.717) is 0 Å². The molecule has 0 radical (unpaired) electrons. The first kappa shape index (κ1) is 8.01. The van der Waals surface area contributed by atoms with Crippen molar-refractivity contribution >= 4 is 7.92 Å². The highest BCUT2D eigenvalue weighted by atomic mass is 31.1. The molecule has 0 aliphatic carbocycles. The van der Waals surface area contributed by atoms with Crippen molar-refractivity contribution in [2.24, 2.45) is 0 Å². The molecule has 1 aliphatic rings. The van der Waals surface area contributed by atoms with E-state index in [0.717, 1.165) is 0 Å². The van der Waals surface area contributed by atoms with Crippen LogP contribution in [0.2, 0.25) is 0 Å². The fourth-order valence-electron chi connectivity index (χ4n) is 1.42. The van der Waals surface area contributed by atoms with Gasteiger partial charge in [-0.25, -0.2) is 0 Å². The third-order valence-electron chi connectivity index (χ3n) is 1.92. The smallest absolute Gasteiger partial charge is 0.00728 e. The van der Waals surface area contributed by atoms with Crippen molar-refractivity contribution in [1.29, 1.82) is 0 Å². The van der Waals surface area contributed by atoms with E-state index in [1.165, 1.54) is 19.0 Å². The third-order valence-corrected chi connectivity index (χ3v) is 4.79. The van der Waals surface area contributed by atoms with Gasteiger partial charge >= 0.3 is 0 Å². The van der Waals surface area contributed by atoms with Crippen LogP contribution in [0, 0.1) is 0 Å². The molecular weight excluding hydrogens is 139 g/mol. The summed E-state index contributed by atoms with van der Waals surface area (Å²) in [4.78, 5) is 0. The Morgan fingerprint density at radius 1 is 1.30 bits per heavy atom. The zero-order valence-corrected chi connectivity index (χ0v) is 7.75. The van der Waals surface area contributed by atoms with Gasteiger partial charge in [0.2, 0.25) is 0 Å². The lowest BCUT2D eigenvalue weighted by molar-refractivity contribution is 1.16. The summed E-state index contributed by atoms with van der Waals surface area (Å²) >= 11 is 0. The van der Waals surface area contributed by atoms with E-state index >= 15 is 0 Å². The number of allylic oxidation sites excluding steroid dienone is 3. The van der Waals surface area contributed by atoms with Crippen molar-refractivity contribution in [3.05, 3.63) is 23.3 Å². The van der Waals surface area contributed by atoms with E-state index < -0.39 is 0 Å². The molecule has 0 aromatic carbocycles. The van der Waals surface area contributed by atoms with Gasteiger partial charge < -0.3 is 0 Å². The van der Waals surface area contributed by atoms with Crippen LogP contribution in [0.5, 0.6) is 0 Å². The van der Waals surface area contributed by atoms with Gasteiger partial charge in [0.05, 0.1) is 0 Å². The first-order valence-corrected chi connectivity index (χ1v) is 5.48. The third kappa shape index (κ3) is 1.32. The molecule has 0 N–H and O–H groups in total. The lowest BCUT2D eigenvalue weighted by atomic mass is 10.4. The van der Waals surface area contributed by atoms with E-state index in [9.17, 15) is 0 Å². The largest absolute Gasteiger partial charge is 0.103 e. The minimum atomic E-state index is 0.238. The first-order chi connectivity index (χ1) is 4.85. The van der Waals surface area contributed by atoms with E-state index in [4.69, 9.17) is 0 Å². The quantitative estimate of drug-likeness (QED) is 0.428. The summed E-state index contributed by atoms with van der Waals surface area (Å²) in [6.45, 7) is 8.29. The number of hydrogen-bond acceptors (Lipinski definition) is 0. The molecule has 1 heteroatoms. The van der Waals surface area contributed by atoms with Crippen LogP contribution in [0.3, 0.4) is 0 Å². The van der Waals surface area contributed by atoms with Crippen LogP contribution in [0.4, 0.5) is 0 Å². The molecule has 0 saturated carbocycles. The highest BCUT2D eigenvalue weighted by molar-refractivity contribution is 7.74. The van der Waals surface area contributed by atoms with Gasteiger partial charge in [0.1, 0.15) is 0 Å². The second-order valence-corrected chi connectivity index (χ2v) is 4.80. The van der Waals surface area contributed by atoms with Gasteiger partial charge in [0, 0.05) is 0 Å². The van der Waals surface area contributed by atoms with Gasteiger partial charge in [-0.15, -0.1) is 6.58 Å². The molecular formula is C9H15P. The Kier molecular flexibility index (Phi) is 2.68. The maximum Gasteiger partial charge on any atom is -0.00728 e. The zero-order chi connectivity index (χ0) is 7.56. The molecule has 0 atom stereocenters. The first-order valence-electron chi connectivity index (χ1n) is 3.95. The summed E-state index contributed by atoms with van der Waals surface area (Å²) in [6, 6.07) is 0. The minimum Gasteiger partial charge on any atom is -0.103 e. The summed E-state index contributed by atoms with van der Waals surface area (Å²) < 4.78 is 0. The van der Waals surface area contributed by atoms with Gasteiger partial charge in [0.15, 0.2) is 0 Å². The number of rotatable bonds is 4. The SMILES string of the molecule is C=CCP1C(CC)=C1CC. The average Bonchev–Trinajstić information content (AvgIpc) is 2.62. The average molecular weight is 154 g/mol. The van der Waals surface area contributed by atoms with Gasteiger partial charge in [-0.05, 0) is 37.6 Å². The van der Waals surface area contributed by atoms with Crippen molar-refractivity contribution < 1.29 is 0 Å². The molecule has 0 nitrogen and oxygen atoms in total. The fraction of sp³-hybridized carbons (Fsp3) is 0.556. The minimum absolute atomic E-state index is 0.238. The Balaban J connectivity index is 2.39. The maximum absolute atomic E-state index is 3.77. The maximum atomic E-state index is 3.77. The second-order valence-electron chi connectivity index (χ2n) is 2.50. The Morgan fingerprint density at radius 3 is 2.10 bits per heavy atom. The van der Waals surface area contributed by atoms with Gasteiger partial charge in [-0.1, -0.05) is 19.9 Å². The van der Waals surface area contributed by atoms with Crippen molar-refractivity contribution in [2.45, 2.75) is 26.7 Å². The molecule has 0 saturated heterocycles. The van der Waals surface area contributed by atoms with Crippen molar-refractivity contribution in [3.63, 3.8) is 0 Å². The Labute approximate surface area is 64.8 Å². The monoisotopic (exact) mass is 154 g/mol. The second kappa shape index (κ2) is 3.34. The molecule has 1 aliphatic heterocycles. The topological polar surface area (TPSA) is 0 Å². The van der Waals surface area contributed by atoms with Crippen LogP contribution in [0.1, 0.15) is 26.7 Å². The molecule has 10 heavy (non-hydrogen) atoms. The molecule has 0 amide bonds. The summed E-state index contributed by atoms with van der Waals surface area (Å²) in [5.41, 5.74) is 0. The van der Waals surface area contributed by atoms with Crippen LogP contribution < -0.4 is 0 Å². The zero-order valence-electron chi connectivity index (χ0n) is 6.85. The standard InChI is InChI=1S/C9H15P/c1-4-7-10-8(5-2)9(10)6-3/h4H,1,5-7H2,2-3H3. The van der Waals surface area contributed by atoms with Crippen molar-refractivity contribution in [3.8, 4) is 0 Å². The predicted molar refractivity (Wildman–Crippen MR) is 49.6 cm³/mol. The van der Waals surface area contributed by atoms with Crippen LogP contribution in [-0.4, -0.2) is 6.16 Å². The predicted octanol–water partition coefficient (Wildman–Crippen LogP) is 3.70. The molecule has 56 valence electrons. The van der Waals surface area contributed by atoms with Crippen LogP contribution >= 0.6 is 7.92 Å². The van der Waals surface area contributed by atoms with Gasteiger partial charge in [-0.3, -0.25) is 0 Å².